The topological polar surface area (TPSA) is 47.0 Å². The number of hydrogen-bond donors (Lipinski definition) is 1. The number of amides is 1. The van der Waals surface area contributed by atoms with E-state index in [0.717, 1.165) is 73.9 Å². The lowest BCUT2D eigenvalue weighted by Gasteiger charge is -2.38. The van der Waals surface area contributed by atoms with E-state index in [4.69, 9.17) is 11.6 Å². The van der Waals surface area contributed by atoms with Crippen LogP contribution in [0, 0.1) is 0 Å². The number of aliphatic hydroxyl groups is 1. The molecule has 2 aliphatic heterocycles. The Morgan fingerprint density at radius 1 is 0.967 bits per heavy atom. The molecular weight excluding hydrogens is 398 g/mol. The van der Waals surface area contributed by atoms with Gasteiger partial charge in [-0.3, -0.25) is 9.69 Å². The molecule has 0 saturated carbocycles. The maximum absolute atomic E-state index is 13.0. The summed E-state index contributed by atoms with van der Waals surface area (Å²) < 4.78 is 0. The van der Waals surface area contributed by atoms with E-state index in [1.807, 2.05) is 47.4 Å². The zero-order valence-corrected chi connectivity index (χ0v) is 18.3. The number of anilines is 1. The van der Waals surface area contributed by atoms with Crippen molar-refractivity contribution in [2.75, 3.05) is 44.2 Å². The van der Waals surface area contributed by atoms with Crippen molar-refractivity contribution in [3.05, 3.63) is 64.7 Å². The summed E-state index contributed by atoms with van der Waals surface area (Å²) in [6.07, 6.45) is 1.43. The van der Waals surface area contributed by atoms with E-state index in [1.165, 1.54) is 0 Å². The van der Waals surface area contributed by atoms with Gasteiger partial charge in [0, 0.05) is 61.6 Å². The molecule has 0 aliphatic carbocycles. The van der Waals surface area contributed by atoms with Crippen molar-refractivity contribution < 1.29 is 9.90 Å². The summed E-state index contributed by atoms with van der Waals surface area (Å²) in [5, 5.41) is 10.5. The van der Waals surface area contributed by atoms with Gasteiger partial charge in [0.25, 0.3) is 5.91 Å². The maximum atomic E-state index is 13.0. The molecule has 0 spiro atoms. The second-order valence-electron chi connectivity index (χ2n) is 8.29. The number of piperidine rings is 1. The molecule has 5 nitrogen and oxygen atoms in total. The molecule has 160 valence electrons. The first-order chi connectivity index (χ1) is 14.5. The van der Waals surface area contributed by atoms with Crippen molar-refractivity contribution in [3.63, 3.8) is 0 Å². The number of rotatable bonds is 4. The van der Waals surface area contributed by atoms with E-state index in [9.17, 15) is 9.90 Å². The normalized spacial score (nSPS) is 19.7. The van der Waals surface area contributed by atoms with E-state index in [-0.39, 0.29) is 18.1 Å². The summed E-state index contributed by atoms with van der Waals surface area (Å²) in [5.41, 5.74) is 3.00. The summed E-state index contributed by atoms with van der Waals surface area (Å²) in [7, 11) is 0. The largest absolute Gasteiger partial charge is 0.393 e. The number of carbonyl (C=O) groups is 1. The predicted octanol–water partition coefficient (Wildman–Crippen LogP) is 3.82. The SMILES string of the molecule is CC(c1ccccc1Cl)N1CCN(C(=O)c2ccc(N3CCC(O)CC3)cc2)CC1. The molecule has 0 aromatic heterocycles. The van der Waals surface area contributed by atoms with Crippen molar-refractivity contribution >= 4 is 23.2 Å². The zero-order valence-electron chi connectivity index (χ0n) is 17.5. The molecule has 30 heavy (non-hydrogen) atoms. The number of carbonyl (C=O) groups excluding carboxylic acids is 1. The number of hydrogen-bond acceptors (Lipinski definition) is 4. The lowest BCUT2D eigenvalue weighted by Crippen LogP contribution is -2.49. The predicted molar refractivity (Wildman–Crippen MR) is 121 cm³/mol. The van der Waals surface area contributed by atoms with E-state index >= 15 is 0 Å². The highest BCUT2D eigenvalue weighted by atomic mass is 35.5. The van der Waals surface area contributed by atoms with Gasteiger partial charge >= 0.3 is 0 Å². The quantitative estimate of drug-likeness (QED) is 0.805. The fourth-order valence-electron chi connectivity index (χ4n) is 4.44. The smallest absolute Gasteiger partial charge is 0.253 e. The van der Waals surface area contributed by atoms with E-state index in [1.54, 1.807) is 0 Å². The second-order valence-corrected chi connectivity index (χ2v) is 8.70. The van der Waals surface area contributed by atoms with Crippen molar-refractivity contribution in [2.45, 2.75) is 31.9 Å². The number of nitrogens with zero attached hydrogens (tertiary/aromatic N) is 3. The van der Waals surface area contributed by atoms with Gasteiger partial charge < -0.3 is 14.9 Å². The van der Waals surface area contributed by atoms with Gasteiger partial charge in [0.15, 0.2) is 0 Å². The fraction of sp³-hybridized carbons (Fsp3) is 0.458. The molecule has 4 rings (SSSR count). The Morgan fingerprint density at radius 2 is 1.60 bits per heavy atom. The molecule has 2 heterocycles. The number of piperazine rings is 1. The summed E-state index contributed by atoms with van der Waals surface area (Å²) in [5.74, 6) is 0.0978. The van der Waals surface area contributed by atoms with Crippen molar-refractivity contribution in [1.82, 2.24) is 9.80 Å². The molecule has 2 aliphatic rings. The average Bonchev–Trinajstić information content (AvgIpc) is 2.79. The van der Waals surface area contributed by atoms with Crippen LogP contribution in [0.4, 0.5) is 5.69 Å². The van der Waals surface area contributed by atoms with Gasteiger partial charge in [0.05, 0.1) is 6.10 Å². The Labute approximate surface area is 183 Å². The van der Waals surface area contributed by atoms with Crippen LogP contribution in [0.25, 0.3) is 0 Å². The Hall–Kier alpha value is -2.08. The maximum Gasteiger partial charge on any atom is 0.253 e. The van der Waals surface area contributed by atoms with E-state index in [0.29, 0.717) is 0 Å². The molecular formula is C24H30ClN3O2. The molecule has 2 aromatic rings. The van der Waals surface area contributed by atoms with Crippen LogP contribution >= 0.6 is 11.6 Å². The highest BCUT2D eigenvalue weighted by Gasteiger charge is 2.26. The van der Waals surface area contributed by atoms with Crippen molar-refractivity contribution in [1.29, 1.82) is 0 Å². The van der Waals surface area contributed by atoms with Crippen LogP contribution in [-0.2, 0) is 0 Å². The van der Waals surface area contributed by atoms with Crippen LogP contribution in [0.3, 0.4) is 0 Å². The molecule has 2 saturated heterocycles. The lowest BCUT2D eigenvalue weighted by molar-refractivity contribution is 0.0582. The molecule has 1 atom stereocenters. The number of aliphatic hydroxyl groups excluding tert-OH is 1. The molecule has 1 N–H and O–H groups in total. The summed E-state index contributed by atoms with van der Waals surface area (Å²) in [6.45, 7) is 7.02. The summed E-state index contributed by atoms with van der Waals surface area (Å²) in [6, 6.07) is 16.1. The molecule has 1 amide bonds. The summed E-state index contributed by atoms with van der Waals surface area (Å²) >= 11 is 6.37. The van der Waals surface area contributed by atoms with Crippen LogP contribution in [0.5, 0.6) is 0 Å². The Bertz CT molecular complexity index is 857. The average molecular weight is 428 g/mol. The van der Waals surface area contributed by atoms with Crippen molar-refractivity contribution in [2.24, 2.45) is 0 Å². The van der Waals surface area contributed by atoms with E-state index in [2.05, 4.69) is 22.8 Å². The Balaban J connectivity index is 1.33. The molecule has 6 heteroatoms. The molecule has 2 fully saturated rings. The Kier molecular flexibility index (Phi) is 6.61. The van der Waals surface area contributed by atoms with Crippen LogP contribution < -0.4 is 4.90 Å². The van der Waals surface area contributed by atoms with Gasteiger partial charge in [-0.2, -0.15) is 0 Å². The molecule has 1 unspecified atom stereocenters. The monoisotopic (exact) mass is 427 g/mol. The second kappa shape index (κ2) is 9.38. The third-order valence-corrected chi connectivity index (χ3v) is 6.79. The first-order valence-corrected chi connectivity index (χ1v) is 11.2. The third kappa shape index (κ3) is 4.64. The number of benzene rings is 2. The van der Waals surface area contributed by atoms with Crippen molar-refractivity contribution in [3.8, 4) is 0 Å². The molecule has 0 radical (unpaired) electrons. The van der Waals surface area contributed by atoms with Crippen LogP contribution in [-0.4, -0.2) is 66.2 Å². The van der Waals surface area contributed by atoms with E-state index < -0.39 is 0 Å². The van der Waals surface area contributed by atoms with Gasteiger partial charge in [0.2, 0.25) is 0 Å². The van der Waals surface area contributed by atoms with Gasteiger partial charge in [-0.1, -0.05) is 29.8 Å². The fourth-order valence-corrected chi connectivity index (χ4v) is 4.74. The van der Waals surface area contributed by atoms with Crippen LogP contribution in [0.15, 0.2) is 48.5 Å². The minimum atomic E-state index is -0.179. The van der Waals surface area contributed by atoms with Crippen LogP contribution in [0.1, 0.15) is 41.7 Å². The van der Waals surface area contributed by atoms with Crippen LogP contribution in [0.2, 0.25) is 5.02 Å². The summed E-state index contributed by atoms with van der Waals surface area (Å²) in [4.78, 5) is 19.6. The number of halogens is 1. The van der Waals surface area contributed by atoms with Gasteiger partial charge in [-0.25, -0.2) is 0 Å². The highest BCUT2D eigenvalue weighted by molar-refractivity contribution is 6.31. The molecule has 2 aromatic carbocycles. The first kappa shape index (κ1) is 21.2. The lowest BCUT2D eigenvalue weighted by atomic mass is 10.1. The Morgan fingerprint density at radius 3 is 2.23 bits per heavy atom. The highest BCUT2D eigenvalue weighted by Crippen LogP contribution is 2.28. The third-order valence-electron chi connectivity index (χ3n) is 6.45. The first-order valence-electron chi connectivity index (χ1n) is 10.8. The zero-order chi connectivity index (χ0) is 21.1. The standard InChI is InChI=1S/C24H30ClN3O2/c1-18(22-4-2-3-5-23(22)25)26-14-16-28(17-15-26)24(30)19-6-8-20(9-7-19)27-12-10-21(29)11-13-27/h2-9,18,21,29H,10-17H2,1H3. The van der Waals surface area contributed by atoms with Gasteiger partial charge in [0.1, 0.15) is 0 Å². The minimum absolute atomic E-state index is 0.0978. The van der Waals surface area contributed by atoms with Gasteiger partial charge in [-0.05, 0) is 55.7 Å². The van der Waals surface area contributed by atoms with Gasteiger partial charge in [-0.15, -0.1) is 0 Å². The molecule has 0 bridgehead atoms. The minimum Gasteiger partial charge on any atom is -0.393 e.